The number of carbonyl (C=O) groups is 1. The molecule has 7 nitrogen and oxygen atoms in total. The second-order valence-electron chi connectivity index (χ2n) is 7.37. The van der Waals surface area contributed by atoms with Gasteiger partial charge in [0.25, 0.3) is 0 Å². The van der Waals surface area contributed by atoms with Crippen molar-refractivity contribution in [3.63, 3.8) is 0 Å². The van der Waals surface area contributed by atoms with Gasteiger partial charge in [-0.3, -0.25) is 4.79 Å². The molecule has 0 spiro atoms. The van der Waals surface area contributed by atoms with E-state index >= 15 is 0 Å². The van der Waals surface area contributed by atoms with E-state index in [0.29, 0.717) is 23.5 Å². The van der Waals surface area contributed by atoms with E-state index in [0.717, 1.165) is 11.1 Å². The molecule has 1 amide bonds. The van der Waals surface area contributed by atoms with Crippen LogP contribution < -0.4 is 11.0 Å². The molecule has 0 saturated carbocycles. The molecule has 2 atom stereocenters. The Morgan fingerprint density at radius 3 is 2.62 bits per heavy atom. The number of fused-ring (bicyclic) bond motifs is 1. The van der Waals surface area contributed by atoms with Crippen LogP contribution in [0.5, 0.6) is 0 Å². The minimum atomic E-state index is -0.471. The lowest BCUT2D eigenvalue weighted by atomic mass is 9.77. The first-order valence-corrected chi connectivity index (χ1v) is 8.47. The zero-order chi connectivity index (χ0) is 18.6. The monoisotopic (exact) mass is 352 g/mol. The van der Waals surface area contributed by atoms with Gasteiger partial charge in [-0.25, -0.2) is 14.5 Å². The van der Waals surface area contributed by atoms with Gasteiger partial charge in [-0.05, 0) is 43.2 Å². The number of aliphatic hydroxyl groups excluding tert-OH is 1. The Balaban J connectivity index is 1.89. The lowest BCUT2D eigenvalue weighted by molar-refractivity contribution is -0.119. The molecule has 7 heteroatoms. The number of aromatic nitrogens is 3. The summed E-state index contributed by atoms with van der Waals surface area (Å²) in [7, 11) is 0. The van der Waals surface area contributed by atoms with E-state index in [1.165, 1.54) is 4.57 Å². The van der Waals surface area contributed by atoms with Crippen molar-refractivity contribution in [3.8, 4) is 5.69 Å². The Hall–Kier alpha value is -3.09. The number of H-pyrrole nitrogens is 1. The zero-order valence-electron chi connectivity index (χ0n) is 14.8. The van der Waals surface area contributed by atoms with E-state index in [1.807, 2.05) is 45.0 Å². The van der Waals surface area contributed by atoms with E-state index in [-0.39, 0.29) is 23.4 Å². The van der Waals surface area contributed by atoms with Crippen LogP contribution in [-0.4, -0.2) is 31.8 Å². The van der Waals surface area contributed by atoms with Gasteiger partial charge >= 0.3 is 5.69 Å². The fourth-order valence-corrected chi connectivity index (χ4v) is 3.85. The van der Waals surface area contributed by atoms with Gasteiger partial charge in [0.2, 0.25) is 5.91 Å². The minimum Gasteiger partial charge on any atom is -0.507 e. The molecule has 1 aliphatic carbocycles. The average molecular weight is 352 g/mol. The molecule has 2 aliphatic rings. The molecule has 3 N–H and O–H groups in total. The third-order valence-electron chi connectivity index (χ3n) is 5.02. The predicted octanol–water partition coefficient (Wildman–Crippen LogP) is 1.91. The highest BCUT2D eigenvalue weighted by atomic mass is 16.3. The predicted molar refractivity (Wildman–Crippen MR) is 97.0 cm³/mol. The number of allylic oxidation sites excluding steroid dienone is 1. The summed E-state index contributed by atoms with van der Waals surface area (Å²) in [5, 5.41) is 20.0. The van der Waals surface area contributed by atoms with Crippen molar-refractivity contribution < 1.29 is 9.90 Å². The molecular weight excluding hydrogens is 332 g/mol. The number of benzene rings is 1. The van der Waals surface area contributed by atoms with Crippen molar-refractivity contribution in [2.45, 2.75) is 33.2 Å². The molecule has 0 bridgehead atoms. The molecular formula is C19H20N4O3. The average Bonchev–Trinajstić information content (AvgIpc) is 3.04. The Morgan fingerprint density at radius 1 is 1.23 bits per heavy atom. The lowest BCUT2D eigenvalue weighted by Gasteiger charge is -2.29. The van der Waals surface area contributed by atoms with Gasteiger partial charge in [-0.15, -0.1) is 0 Å². The number of rotatable bonds is 2. The SMILES string of the molecule is Cc1cc(C)cc(-n2c(C3=CC4(C)CC(=O)NC4C=C3O)n[nH]c2=O)c1. The molecule has 2 heterocycles. The molecule has 4 rings (SSSR count). The van der Waals surface area contributed by atoms with Crippen molar-refractivity contribution >= 4 is 11.5 Å². The molecule has 1 aromatic carbocycles. The van der Waals surface area contributed by atoms with E-state index in [1.54, 1.807) is 6.08 Å². The van der Waals surface area contributed by atoms with Gasteiger partial charge in [-0.2, -0.15) is 5.10 Å². The summed E-state index contributed by atoms with van der Waals surface area (Å²) >= 11 is 0. The van der Waals surface area contributed by atoms with Crippen molar-refractivity contribution in [1.29, 1.82) is 0 Å². The summed E-state index contributed by atoms with van der Waals surface area (Å²) in [5.74, 6) is 0.264. The first kappa shape index (κ1) is 16.4. The number of aromatic amines is 1. The number of carbonyl (C=O) groups excluding carboxylic acids is 1. The van der Waals surface area contributed by atoms with Crippen LogP contribution in [-0.2, 0) is 4.79 Å². The second-order valence-corrected chi connectivity index (χ2v) is 7.37. The van der Waals surface area contributed by atoms with E-state index in [9.17, 15) is 14.7 Å². The zero-order valence-corrected chi connectivity index (χ0v) is 14.8. The highest BCUT2D eigenvalue weighted by molar-refractivity contribution is 5.85. The quantitative estimate of drug-likeness (QED) is 0.769. The maximum Gasteiger partial charge on any atom is 0.348 e. The van der Waals surface area contributed by atoms with Gasteiger partial charge in [-0.1, -0.05) is 19.1 Å². The van der Waals surface area contributed by atoms with E-state index < -0.39 is 5.41 Å². The van der Waals surface area contributed by atoms with Crippen LogP contribution >= 0.6 is 0 Å². The third-order valence-corrected chi connectivity index (χ3v) is 5.02. The van der Waals surface area contributed by atoms with E-state index in [4.69, 9.17) is 0 Å². The van der Waals surface area contributed by atoms with Crippen molar-refractivity contribution in [2.75, 3.05) is 0 Å². The summed E-state index contributed by atoms with van der Waals surface area (Å²) in [4.78, 5) is 24.2. The molecule has 1 aromatic heterocycles. The van der Waals surface area contributed by atoms with Crippen LogP contribution in [0.15, 0.2) is 40.9 Å². The summed E-state index contributed by atoms with van der Waals surface area (Å²) in [6.07, 6.45) is 3.77. The smallest absolute Gasteiger partial charge is 0.348 e. The van der Waals surface area contributed by atoms with Crippen LogP contribution in [0.3, 0.4) is 0 Å². The molecule has 2 aromatic rings. The second kappa shape index (κ2) is 5.45. The van der Waals surface area contributed by atoms with Crippen LogP contribution in [0.1, 0.15) is 30.3 Å². The Bertz CT molecular complexity index is 1020. The van der Waals surface area contributed by atoms with Crippen LogP contribution in [0.4, 0.5) is 0 Å². The van der Waals surface area contributed by atoms with Crippen LogP contribution in [0, 0.1) is 19.3 Å². The fourth-order valence-electron chi connectivity index (χ4n) is 3.85. The summed E-state index contributed by atoms with van der Waals surface area (Å²) < 4.78 is 1.45. The van der Waals surface area contributed by atoms with Crippen molar-refractivity contribution in [2.24, 2.45) is 5.41 Å². The number of aliphatic hydroxyl groups is 1. The third kappa shape index (κ3) is 2.47. The molecule has 0 radical (unpaired) electrons. The number of hydrogen-bond acceptors (Lipinski definition) is 4. The highest BCUT2D eigenvalue weighted by Crippen LogP contribution is 2.42. The van der Waals surface area contributed by atoms with Gasteiger partial charge in [0.1, 0.15) is 5.76 Å². The number of nitrogens with zero attached hydrogens (tertiary/aromatic N) is 2. The van der Waals surface area contributed by atoms with E-state index in [2.05, 4.69) is 15.5 Å². The van der Waals surface area contributed by atoms with Gasteiger partial charge in [0.15, 0.2) is 5.82 Å². The lowest BCUT2D eigenvalue weighted by Crippen LogP contribution is -2.35. The molecule has 1 saturated heterocycles. The molecule has 2 unspecified atom stereocenters. The van der Waals surface area contributed by atoms with Crippen molar-refractivity contribution in [1.82, 2.24) is 20.1 Å². The number of aryl methyl sites for hydroxylation is 2. The normalized spacial score (nSPS) is 24.7. The first-order chi connectivity index (χ1) is 12.3. The summed E-state index contributed by atoms with van der Waals surface area (Å²) in [5.41, 5.74) is 2.31. The standard InChI is InChI=1S/C19H20N4O3/c1-10-4-11(2)6-12(5-10)23-17(21-22-18(23)26)13-8-19(3)9-16(25)20-15(19)7-14(13)24/h4-8,15,24H,9H2,1-3H3,(H,20,25)(H,22,26). The van der Waals surface area contributed by atoms with Gasteiger partial charge in [0, 0.05) is 11.8 Å². The molecule has 1 aliphatic heterocycles. The summed E-state index contributed by atoms with van der Waals surface area (Å²) in [6.45, 7) is 5.87. The van der Waals surface area contributed by atoms with Crippen LogP contribution in [0.2, 0.25) is 0 Å². The summed E-state index contributed by atoms with van der Waals surface area (Å²) in [6, 6.07) is 5.54. The van der Waals surface area contributed by atoms with Gasteiger partial charge in [0.05, 0.1) is 17.3 Å². The topological polar surface area (TPSA) is 100 Å². The maximum absolute atomic E-state index is 12.4. The Morgan fingerprint density at radius 2 is 1.92 bits per heavy atom. The number of amides is 1. The molecule has 1 fully saturated rings. The minimum absolute atomic E-state index is 0.000648. The first-order valence-electron chi connectivity index (χ1n) is 8.47. The Kier molecular flexibility index (Phi) is 3.44. The molecule has 26 heavy (non-hydrogen) atoms. The Labute approximate surface area is 150 Å². The van der Waals surface area contributed by atoms with Gasteiger partial charge < -0.3 is 10.4 Å². The largest absolute Gasteiger partial charge is 0.507 e. The highest BCUT2D eigenvalue weighted by Gasteiger charge is 2.44. The maximum atomic E-state index is 12.4. The van der Waals surface area contributed by atoms with Crippen molar-refractivity contribution in [3.05, 3.63) is 63.5 Å². The van der Waals surface area contributed by atoms with Crippen LogP contribution in [0.25, 0.3) is 11.3 Å². The fraction of sp³-hybridized carbons (Fsp3) is 0.316. The molecule has 134 valence electrons. The number of nitrogens with one attached hydrogen (secondary N) is 2. The number of hydrogen-bond donors (Lipinski definition) is 3.